The van der Waals surface area contributed by atoms with Crippen LogP contribution in [0.15, 0.2) is 24.3 Å². The SMILES string of the molecule is CC(N)C(=O)c1cccc(OC(F)F)c1. The van der Waals surface area contributed by atoms with Gasteiger partial charge >= 0.3 is 6.61 Å². The van der Waals surface area contributed by atoms with Gasteiger partial charge in [-0.2, -0.15) is 8.78 Å². The smallest absolute Gasteiger partial charge is 0.387 e. The number of hydrogen-bond donors (Lipinski definition) is 1. The lowest BCUT2D eigenvalue weighted by atomic mass is 10.1. The molecule has 5 heteroatoms. The van der Waals surface area contributed by atoms with Crippen LogP contribution in [0.25, 0.3) is 0 Å². The Morgan fingerprint density at radius 3 is 2.67 bits per heavy atom. The maximum absolute atomic E-state index is 11.9. The van der Waals surface area contributed by atoms with Gasteiger partial charge in [-0.3, -0.25) is 4.79 Å². The lowest BCUT2D eigenvalue weighted by Crippen LogP contribution is -2.26. The number of carbonyl (C=O) groups is 1. The van der Waals surface area contributed by atoms with Crippen LogP contribution in [0.2, 0.25) is 0 Å². The van der Waals surface area contributed by atoms with Gasteiger partial charge < -0.3 is 10.5 Å². The van der Waals surface area contributed by atoms with E-state index in [2.05, 4.69) is 4.74 Å². The molecule has 0 fully saturated rings. The third kappa shape index (κ3) is 3.28. The molecule has 3 nitrogen and oxygen atoms in total. The highest BCUT2D eigenvalue weighted by molar-refractivity contribution is 5.99. The number of Topliss-reactive ketones (excluding diaryl/α,β-unsaturated/α-hetero) is 1. The van der Waals surface area contributed by atoms with Crippen LogP contribution in [0.3, 0.4) is 0 Å². The van der Waals surface area contributed by atoms with Gasteiger partial charge in [0.25, 0.3) is 0 Å². The van der Waals surface area contributed by atoms with Gasteiger partial charge in [0.1, 0.15) is 5.75 Å². The molecule has 0 amide bonds. The molecule has 15 heavy (non-hydrogen) atoms. The molecular formula is C10H11F2NO2. The number of hydrogen-bond acceptors (Lipinski definition) is 3. The zero-order valence-corrected chi connectivity index (χ0v) is 8.11. The fraction of sp³-hybridized carbons (Fsp3) is 0.300. The molecule has 82 valence electrons. The molecule has 0 aliphatic heterocycles. The largest absolute Gasteiger partial charge is 0.435 e. The molecule has 0 spiro atoms. The van der Waals surface area contributed by atoms with Crippen LogP contribution in [0.5, 0.6) is 5.75 Å². The number of ether oxygens (including phenoxy) is 1. The van der Waals surface area contributed by atoms with Crippen LogP contribution in [0.1, 0.15) is 17.3 Å². The van der Waals surface area contributed by atoms with Crippen molar-refractivity contribution < 1.29 is 18.3 Å². The Morgan fingerprint density at radius 1 is 1.47 bits per heavy atom. The van der Waals surface area contributed by atoms with Crippen molar-refractivity contribution in [2.45, 2.75) is 19.6 Å². The monoisotopic (exact) mass is 215 g/mol. The summed E-state index contributed by atoms with van der Waals surface area (Å²) >= 11 is 0. The first-order chi connectivity index (χ1) is 7.00. The van der Waals surface area contributed by atoms with Crippen molar-refractivity contribution in [1.29, 1.82) is 0 Å². The molecule has 0 heterocycles. The highest BCUT2D eigenvalue weighted by atomic mass is 19.3. The fourth-order valence-corrected chi connectivity index (χ4v) is 1.09. The third-order valence-corrected chi connectivity index (χ3v) is 1.76. The van der Waals surface area contributed by atoms with E-state index in [1.54, 1.807) is 0 Å². The summed E-state index contributed by atoms with van der Waals surface area (Å²) in [5, 5.41) is 0. The standard InChI is InChI=1S/C10H11F2NO2/c1-6(13)9(14)7-3-2-4-8(5-7)15-10(11)12/h2-6,10H,13H2,1H3. The topological polar surface area (TPSA) is 52.3 Å². The van der Waals surface area contributed by atoms with E-state index in [1.807, 2.05) is 0 Å². The van der Waals surface area contributed by atoms with E-state index in [1.165, 1.54) is 31.2 Å². The van der Waals surface area contributed by atoms with E-state index in [0.717, 1.165) is 0 Å². The average Bonchev–Trinajstić information content (AvgIpc) is 2.16. The molecule has 1 atom stereocenters. The lowest BCUT2D eigenvalue weighted by molar-refractivity contribution is -0.0498. The minimum atomic E-state index is -2.90. The Labute approximate surface area is 85.8 Å². The molecule has 0 bridgehead atoms. The molecule has 0 aromatic heterocycles. The third-order valence-electron chi connectivity index (χ3n) is 1.76. The van der Waals surface area contributed by atoms with Crippen LogP contribution >= 0.6 is 0 Å². The summed E-state index contributed by atoms with van der Waals surface area (Å²) in [6.45, 7) is -1.37. The summed E-state index contributed by atoms with van der Waals surface area (Å²) < 4.78 is 27.9. The maximum atomic E-state index is 11.9. The maximum Gasteiger partial charge on any atom is 0.387 e. The van der Waals surface area contributed by atoms with Gasteiger partial charge in [0.2, 0.25) is 0 Å². The first kappa shape index (κ1) is 11.6. The number of halogens is 2. The van der Waals surface area contributed by atoms with Crippen molar-refractivity contribution in [1.82, 2.24) is 0 Å². The summed E-state index contributed by atoms with van der Waals surface area (Å²) in [6.07, 6.45) is 0. The molecule has 0 aliphatic carbocycles. The molecule has 0 radical (unpaired) electrons. The Bertz CT molecular complexity index is 353. The number of rotatable bonds is 4. The van der Waals surface area contributed by atoms with Crippen molar-refractivity contribution in [3.8, 4) is 5.75 Å². The Hall–Kier alpha value is -1.49. The van der Waals surface area contributed by atoms with Gasteiger partial charge in [-0.05, 0) is 19.1 Å². The van der Waals surface area contributed by atoms with Crippen LogP contribution in [-0.4, -0.2) is 18.4 Å². The predicted octanol–water partition coefficient (Wildman–Crippen LogP) is 1.82. The number of benzene rings is 1. The number of nitrogens with two attached hydrogens (primary N) is 1. The molecule has 0 saturated carbocycles. The van der Waals surface area contributed by atoms with Gasteiger partial charge in [-0.25, -0.2) is 0 Å². The van der Waals surface area contributed by atoms with E-state index in [4.69, 9.17) is 5.73 Å². The minimum Gasteiger partial charge on any atom is -0.435 e. The van der Waals surface area contributed by atoms with Crippen molar-refractivity contribution in [3.63, 3.8) is 0 Å². The molecule has 0 saturated heterocycles. The lowest BCUT2D eigenvalue weighted by Gasteiger charge is -2.07. The van der Waals surface area contributed by atoms with Gasteiger partial charge in [0.05, 0.1) is 6.04 Å². The Kier molecular flexibility index (Phi) is 3.74. The predicted molar refractivity (Wildman–Crippen MR) is 51.1 cm³/mol. The van der Waals surface area contributed by atoms with Crippen molar-refractivity contribution >= 4 is 5.78 Å². The van der Waals surface area contributed by atoms with Crippen LogP contribution in [-0.2, 0) is 0 Å². The van der Waals surface area contributed by atoms with Crippen LogP contribution in [0.4, 0.5) is 8.78 Å². The van der Waals surface area contributed by atoms with E-state index in [0.29, 0.717) is 0 Å². The second kappa shape index (κ2) is 4.84. The number of carbonyl (C=O) groups excluding carboxylic acids is 1. The summed E-state index contributed by atoms with van der Waals surface area (Å²) in [4.78, 5) is 11.4. The second-order valence-electron chi connectivity index (χ2n) is 3.06. The molecule has 1 rings (SSSR count). The summed E-state index contributed by atoms with van der Waals surface area (Å²) in [5.74, 6) is -0.355. The minimum absolute atomic E-state index is 0.0449. The number of ketones is 1. The second-order valence-corrected chi connectivity index (χ2v) is 3.06. The molecular weight excluding hydrogens is 204 g/mol. The molecule has 1 unspecified atom stereocenters. The first-order valence-corrected chi connectivity index (χ1v) is 4.35. The zero-order valence-electron chi connectivity index (χ0n) is 8.11. The summed E-state index contributed by atoms with van der Waals surface area (Å²) in [6, 6.07) is 4.91. The quantitative estimate of drug-likeness (QED) is 0.779. The van der Waals surface area contributed by atoms with Crippen molar-refractivity contribution in [3.05, 3.63) is 29.8 Å². The van der Waals surface area contributed by atoms with Gasteiger partial charge in [0, 0.05) is 5.56 Å². The Morgan fingerprint density at radius 2 is 2.13 bits per heavy atom. The van der Waals surface area contributed by atoms with E-state index in [9.17, 15) is 13.6 Å². The van der Waals surface area contributed by atoms with Crippen molar-refractivity contribution in [2.75, 3.05) is 0 Å². The molecule has 2 N–H and O–H groups in total. The summed E-state index contributed by atoms with van der Waals surface area (Å²) in [7, 11) is 0. The van der Waals surface area contributed by atoms with Gasteiger partial charge in [0.15, 0.2) is 5.78 Å². The van der Waals surface area contributed by atoms with Crippen molar-refractivity contribution in [2.24, 2.45) is 5.73 Å². The van der Waals surface area contributed by atoms with Crippen LogP contribution in [0, 0.1) is 0 Å². The average molecular weight is 215 g/mol. The molecule has 0 aliphatic rings. The van der Waals surface area contributed by atoms with E-state index in [-0.39, 0.29) is 17.1 Å². The highest BCUT2D eigenvalue weighted by Crippen LogP contribution is 2.16. The zero-order chi connectivity index (χ0) is 11.4. The highest BCUT2D eigenvalue weighted by Gasteiger charge is 2.12. The van der Waals surface area contributed by atoms with Crippen LogP contribution < -0.4 is 10.5 Å². The van der Waals surface area contributed by atoms with E-state index >= 15 is 0 Å². The molecule has 1 aromatic rings. The van der Waals surface area contributed by atoms with Gasteiger partial charge in [-0.15, -0.1) is 0 Å². The summed E-state index contributed by atoms with van der Waals surface area (Å²) in [5.41, 5.74) is 5.65. The molecule has 1 aromatic carbocycles. The normalized spacial score (nSPS) is 12.6. The fourth-order valence-electron chi connectivity index (χ4n) is 1.09. The Balaban J connectivity index is 2.87. The van der Waals surface area contributed by atoms with E-state index < -0.39 is 12.7 Å². The number of alkyl halides is 2. The first-order valence-electron chi connectivity index (χ1n) is 4.35. The van der Waals surface area contributed by atoms with Gasteiger partial charge in [-0.1, -0.05) is 12.1 Å².